The van der Waals surface area contributed by atoms with Crippen molar-refractivity contribution in [3.8, 4) is 0 Å². The predicted molar refractivity (Wildman–Crippen MR) is 60.9 cm³/mol. The van der Waals surface area contributed by atoms with Gasteiger partial charge in [0.15, 0.2) is 0 Å². The van der Waals surface area contributed by atoms with Gasteiger partial charge in [-0.1, -0.05) is 0 Å². The maximum Gasteiger partial charge on any atom is -0.147 e. The Balaban J connectivity index is 0. The smallest absolute Gasteiger partial charge is 0.147 e. The van der Waals surface area contributed by atoms with Crippen molar-refractivity contribution in [2.24, 2.45) is 0 Å². The molecule has 0 N–H and O–H groups in total. The molecule has 0 saturated heterocycles. The van der Waals surface area contributed by atoms with Crippen LogP contribution in [-0.4, -0.2) is 6.10 Å². The summed E-state index contributed by atoms with van der Waals surface area (Å²) in [5.74, 6) is 0. The summed E-state index contributed by atoms with van der Waals surface area (Å²) in [6.07, 6.45) is 0.383. The molecule has 1 aromatic rings. The summed E-state index contributed by atoms with van der Waals surface area (Å²) in [7, 11) is 0. The molecule has 0 fully saturated rings. The van der Waals surface area contributed by atoms with Crippen molar-refractivity contribution in [1.29, 1.82) is 0 Å². The summed E-state index contributed by atoms with van der Waals surface area (Å²) >= 11 is 0.0411. The van der Waals surface area contributed by atoms with Crippen LogP contribution in [-0.2, 0) is 25.4 Å². The zero-order valence-electron chi connectivity index (χ0n) is 8.34. The third-order valence-corrected chi connectivity index (χ3v) is 3.04. The van der Waals surface area contributed by atoms with Crippen molar-refractivity contribution in [3.63, 3.8) is 0 Å². The van der Waals surface area contributed by atoms with Crippen LogP contribution in [0.25, 0.3) is 0 Å². The summed E-state index contributed by atoms with van der Waals surface area (Å²) in [4.78, 5) is 0. The molecule has 1 nitrogen and oxygen atoms in total. The van der Waals surface area contributed by atoms with Crippen molar-refractivity contribution in [1.82, 2.24) is 0 Å². The van der Waals surface area contributed by atoms with E-state index in [0.717, 1.165) is 5.13 Å². The first kappa shape index (κ1) is 16.8. The third kappa shape index (κ3) is 7.72. The zero-order valence-corrected chi connectivity index (χ0v) is 11.4. The van der Waals surface area contributed by atoms with E-state index in [4.69, 9.17) is 3.66 Å². The molecule has 4 heteroatoms. The van der Waals surface area contributed by atoms with Crippen LogP contribution in [0.1, 0.15) is 19.4 Å². The van der Waals surface area contributed by atoms with Crippen LogP contribution in [0.5, 0.6) is 0 Å². The van der Waals surface area contributed by atoms with E-state index in [1.807, 2.05) is 6.07 Å². The second-order valence-electron chi connectivity index (χ2n) is 2.93. The predicted octanol–water partition coefficient (Wildman–Crippen LogP) is 3.45. The molecular formula is C10H16Cl2OV. The Morgan fingerprint density at radius 3 is 2.21 bits per heavy atom. The maximum atomic E-state index is 5.54. The number of hydrogen-bond acceptors (Lipinski definition) is 1. The van der Waals surface area contributed by atoms with E-state index in [0.29, 0.717) is 6.10 Å². The molecule has 0 saturated carbocycles. The van der Waals surface area contributed by atoms with Gasteiger partial charge in [-0.15, -0.1) is 24.8 Å². The standard InChI is InChI=1S/C7H7.C3H7O.2ClH.V/c1-7-5-3-2-4-6-7;1-3(2)4;;;/h2-6H,1H2;3H,1-2H3;2*1H;/q;-1;;;+1. The van der Waals surface area contributed by atoms with Crippen molar-refractivity contribution < 1.29 is 20.3 Å². The van der Waals surface area contributed by atoms with E-state index in [2.05, 4.69) is 38.1 Å². The van der Waals surface area contributed by atoms with E-state index >= 15 is 0 Å². The molecule has 81 valence electrons. The molecule has 0 aliphatic rings. The van der Waals surface area contributed by atoms with Gasteiger partial charge >= 0.3 is 81.3 Å². The summed E-state index contributed by atoms with van der Waals surface area (Å²) in [6, 6.07) is 10.5. The van der Waals surface area contributed by atoms with Crippen LogP contribution < -0.4 is 0 Å². The monoisotopic (exact) mass is 273 g/mol. The topological polar surface area (TPSA) is 9.23 Å². The average molecular weight is 274 g/mol. The van der Waals surface area contributed by atoms with Gasteiger partial charge in [0.05, 0.1) is 0 Å². The van der Waals surface area contributed by atoms with Crippen LogP contribution in [0.3, 0.4) is 0 Å². The van der Waals surface area contributed by atoms with Crippen LogP contribution >= 0.6 is 24.8 Å². The first-order chi connectivity index (χ1) is 5.79. The molecule has 0 bridgehead atoms. The summed E-state index contributed by atoms with van der Waals surface area (Å²) in [5.41, 5.74) is 1.39. The van der Waals surface area contributed by atoms with Gasteiger partial charge in [0.1, 0.15) is 0 Å². The second-order valence-corrected chi connectivity index (χ2v) is 4.15. The molecule has 0 unspecified atom stereocenters. The quantitative estimate of drug-likeness (QED) is 0.817. The number of hydrogen-bond donors (Lipinski definition) is 0. The molecule has 1 aromatic carbocycles. The first-order valence-electron chi connectivity index (χ1n) is 4.15. The summed E-state index contributed by atoms with van der Waals surface area (Å²) < 4.78 is 5.54. The SMILES string of the molecule is CC(C)[O][V][CH2]c1ccccc1.Cl.Cl. The Morgan fingerprint density at radius 2 is 1.71 bits per heavy atom. The fourth-order valence-electron chi connectivity index (χ4n) is 0.844. The van der Waals surface area contributed by atoms with Crippen LogP contribution in [0.15, 0.2) is 30.3 Å². The van der Waals surface area contributed by atoms with Gasteiger partial charge in [0, 0.05) is 0 Å². The van der Waals surface area contributed by atoms with E-state index in [1.165, 1.54) is 5.56 Å². The molecular weight excluding hydrogens is 258 g/mol. The van der Waals surface area contributed by atoms with Gasteiger partial charge in [-0.25, -0.2) is 0 Å². The van der Waals surface area contributed by atoms with Gasteiger partial charge < -0.3 is 0 Å². The molecule has 0 radical (unpaired) electrons. The van der Waals surface area contributed by atoms with Crippen LogP contribution in [0.4, 0.5) is 0 Å². The first-order valence-corrected chi connectivity index (χ1v) is 5.71. The number of halogens is 2. The fourth-order valence-corrected chi connectivity index (χ4v) is 1.99. The molecule has 1 rings (SSSR count). The molecule has 0 atom stereocenters. The fraction of sp³-hybridized carbons (Fsp3) is 0.400. The van der Waals surface area contributed by atoms with Crippen molar-refractivity contribution in [2.75, 3.05) is 0 Å². The van der Waals surface area contributed by atoms with Crippen molar-refractivity contribution in [2.45, 2.75) is 25.1 Å². The molecule has 0 spiro atoms. The number of benzene rings is 1. The van der Waals surface area contributed by atoms with Gasteiger partial charge in [-0.3, -0.25) is 0 Å². The molecule has 0 heterocycles. The van der Waals surface area contributed by atoms with Gasteiger partial charge in [0.25, 0.3) is 0 Å². The van der Waals surface area contributed by atoms with Gasteiger partial charge in [-0.2, -0.15) is 0 Å². The Morgan fingerprint density at radius 1 is 1.14 bits per heavy atom. The third-order valence-electron chi connectivity index (χ3n) is 1.38. The Hall–Kier alpha value is 0.344. The minimum absolute atomic E-state index is 0. The van der Waals surface area contributed by atoms with Gasteiger partial charge in [-0.05, 0) is 0 Å². The van der Waals surface area contributed by atoms with E-state index in [9.17, 15) is 0 Å². The maximum absolute atomic E-state index is 5.54. The Labute approximate surface area is 106 Å². The van der Waals surface area contributed by atoms with Crippen molar-refractivity contribution >= 4 is 24.8 Å². The van der Waals surface area contributed by atoms with E-state index in [1.54, 1.807) is 0 Å². The van der Waals surface area contributed by atoms with Crippen LogP contribution in [0, 0.1) is 0 Å². The number of rotatable bonds is 4. The second kappa shape index (κ2) is 9.88. The Bertz CT molecular complexity index is 217. The molecule has 0 aliphatic heterocycles. The minimum atomic E-state index is 0. The van der Waals surface area contributed by atoms with Crippen molar-refractivity contribution in [3.05, 3.63) is 35.9 Å². The average Bonchev–Trinajstić information content (AvgIpc) is 2.05. The normalized spacial score (nSPS) is 8.79. The Kier molecular flexibility index (Phi) is 11.8. The van der Waals surface area contributed by atoms with Crippen LogP contribution in [0.2, 0.25) is 0 Å². The zero-order chi connectivity index (χ0) is 8.81. The summed E-state index contributed by atoms with van der Waals surface area (Å²) in [6.45, 7) is 4.17. The molecule has 0 aromatic heterocycles. The minimum Gasteiger partial charge on any atom is -0.147 e. The molecule has 14 heavy (non-hydrogen) atoms. The molecule has 0 amide bonds. The largest absolute Gasteiger partial charge is 0.147 e. The van der Waals surface area contributed by atoms with E-state index < -0.39 is 0 Å². The van der Waals surface area contributed by atoms with E-state index in [-0.39, 0.29) is 41.5 Å². The van der Waals surface area contributed by atoms with Gasteiger partial charge in [0.2, 0.25) is 0 Å². The molecule has 0 aliphatic carbocycles. The summed E-state index contributed by atoms with van der Waals surface area (Å²) in [5, 5.41) is 1.11.